The van der Waals surface area contributed by atoms with E-state index in [1.165, 1.54) is 0 Å². The lowest BCUT2D eigenvalue weighted by molar-refractivity contribution is 0.507. The smallest absolute Gasteiger partial charge is 0.134 e. The number of aromatic nitrogens is 2. The summed E-state index contributed by atoms with van der Waals surface area (Å²) >= 11 is 0. The minimum atomic E-state index is 0.687. The van der Waals surface area contributed by atoms with E-state index in [9.17, 15) is 0 Å². The van der Waals surface area contributed by atoms with Crippen molar-refractivity contribution in [3.05, 3.63) is 36.0 Å². The van der Waals surface area contributed by atoms with E-state index >= 15 is 0 Å². The van der Waals surface area contributed by atoms with E-state index in [0.717, 1.165) is 23.2 Å². The zero-order chi connectivity index (χ0) is 12.3. The van der Waals surface area contributed by atoms with Gasteiger partial charge in [-0.05, 0) is 19.1 Å². The van der Waals surface area contributed by atoms with Gasteiger partial charge in [0.15, 0.2) is 0 Å². The summed E-state index contributed by atoms with van der Waals surface area (Å²) < 4.78 is 5.31. The average molecular weight is 232 g/mol. The molecule has 0 atom stereocenters. The molecule has 0 aliphatic carbocycles. The zero-order valence-corrected chi connectivity index (χ0v) is 10.3. The van der Waals surface area contributed by atoms with Crippen LogP contribution in [0.1, 0.15) is 11.6 Å². The van der Waals surface area contributed by atoms with Crippen LogP contribution >= 0.6 is 0 Å². The molecule has 0 bridgehead atoms. The molecule has 0 spiro atoms. The molecule has 5 heteroatoms. The highest BCUT2D eigenvalue weighted by molar-refractivity contribution is 5.48. The van der Waals surface area contributed by atoms with Gasteiger partial charge < -0.3 is 14.6 Å². The van der Waals surface area contributed by atoms with Gasteiger partial charge in [-0.25, -0.2) is 9.97 Å². The SMILES string of the molecule is CNc1cc(N(C)Cc2ccco2)nc(C)n1. The minimum absolute atomic E-state index is 0.687. The fourth-order valence-electron chi connectivity index (χ4n) is 1.59. The van der Waals surface area contributed by atoms with Gasteiger partial charge in [-0.3, -0.25) is 0 Å². The molecule has 17 heavy (non-hydrogen) atoms. The van der Waals surface area contributed by atoms with Gasteiger partial charge in [-0.2, -0.15) is 0 Å². The maximum Gasteiger partial charge on any atom is 0.134 e. The summed E-state index contributed by atoms with van der Waals surface area (Å²) in [6, 6.07) is 5.74. The Labute approximate surface area is 100 Å². The van der Waals surface area contributed by atoms with Gasteiger partial charge in [0.1, 0.15) is 23.2 Å². The van der Waals surface area contributed by atoms with Crippen molar-refractivity contribution in [2.45, 2.75) is 13.5 Å². The molecule has 0 saturated heterocycles. The summed E-state index contributed by atoms with van der Waals surface area (Å²) in [7, 11) is 3.82. The van der Waals surface area contributed by atoms with Crippen LogP contribution in [0.15, 0.2) is 28.9 Å². The highest BCUT2D eigenvalue weighted by Crippen LogP contribution is 2.16. The maximum absolute atomic E-state index is 5.31. The number of hydrogen-bond donors (Lipinski definition) is 1. The predicted molar refractivity (Wildman–Crippen MR) is 67.1 cm³/mol. The quantitative estimate of drug-likeness (QED) is 0.874. The first kappa shape index (κ1) is 11.4. The predicted octanol–water partition coefficient (Wildman–Crippen LogP) is 2.06. The van der Waals surface area contributed by atoms with E-state index in [-0.39, 0.29) is 0 Å². The fourth-order valence-corrected chi connectivity index (χ4v) is 1.59. The largest absolute Gasteiger partial charge is 0.467 e. The van der Waals surface area contributed by atoms with Crippen LogP contribution in [-0.2, 0) is 6.54 Å². The Morgan fingerprint density at radius 3 is 2.88 bits per heavy atom. The summed E-state index contributed by atoms with van der Waals surface area (Å²) in [5.74, 6) is 3.35. The van der Waals surface area contributed by atoms with Gasteiger partial charge in [-0.15, -0.1) is 0 Å². The third kappa shape index (κ3) is 2.75. The molecule has 2 aromatic heterocycles. The van der Waals surface area contributed by atoms with Crippen molar-refractivity contribution in [3.63, 3.8) is 0 Å². The summed E-state index contributed by atoms with van der Waals surface area (Å²) in [6.45, 7) is 2.57. The molecular weight excluding hydrogens is 216 g/mol. The van der Waals surface area contributed by atoms with Crippen LogP contribution in [0.2, 0.25) is 0 Å². The van der Waals surface area contributed by atoms with Gasteiger partial charge in [0.05, 0.1) is 12.8 Å². The van der Waals surface area contributed by atoms with Crippen LogP contribution in [-0.4, -0.2) is 24.1 Å². The number of rotatable bonds is 4. The molecule has 0 saturated carbocycles. The monoisotopic (exact) mass is 232 g/mol. The van der Waals surface area contributed by atoms with Crippen LogP contribution < -0.4 is 10.2 Å². The van der Waals surface area contributed by atoms with Crippen molar-refractivity contribution in [1.82, 2.24) is 9.97 Å². The van der Waals surface area contributed by atoms with Crippen molar-refractivity contribution >= 4 is 11.6 Å². The van der Waals surface area contributed by atoms with E-state index in [4.69, 9.17) is 4.42 Å². The minimum Gasteiger partial charge on any atom is -0.467 e. The van der Waals surface area contributed by atoms with Crippen LogP contribution in [0.25, 0.3) is 0 Å². The number of nitrogens with one attached hydrogen (secondary N) is 1. The summed E-state index contributed by atoms with van der Waals surface area (Å²) in [5.41, 5.74) is 0. The van der Waals surface area contributed by atoms with Crippen molar-refractivity contribution in [2.24, 2.45) is 0 Å². The lowest BCUT2D eigenvalue weighted by Gasteiger charge is -2.17. The molecule has 0 radical (unpaired) electrons. The summed E-state index contributed by atoms with van der Waals surface area (Å²) in [4.78, 5) is 10.7. The number of hydrogen-bond acceptors (Lipinski definition) is 5. The Morgan fingerprint density at radius 2 is 2.24 bits per heavy atom. The van der Waals surface area contributed by atoms with E-state index in [0.29, 0.717) is 6.54 Å². The van der Waals surface area contributed by atoms with Crippen molar-refractivity contribution in [1.29, 1.82) is 0 Å². The molecule has 2 aromatic rings. The lowest BCUT2D eigenvalue weighted by Crippen LogP contribution is -2.18. The molecule has 2 heterocycles. The standard InChI is InChI=1S/C12H16N4O/c1-9-14-11(13-2)7-12(15-9)16(3)8-10-5-4-6-17-10/h4-7H,8H2,1-3H3,(H,13,14,15). The van der Waals surface area contributed by atoms with Gasteiger partial charge in [0.25, 0.3) is 0 Å². The Balaban J connectivity index is 2.18. The van der Waals surface area contributed by atoms with Crippen LogP contribution in [0, 0.1) is 6.92 Å². The van der Waals surface area contributed by atoms with E-state index in [1.807, 2.05) is 44.1 Å². The molecular formula is C12H16N4O. The molecule has 1 N–H and O–H groups in total. The summed E-state index contributed by atoms with van der Waals surface area (Å²) in [5, 5.41) is 3.02. The molecule has 2 rings (SSSR count). The number of nitrogens with zero attached hydrogens (tertiary/aromatic N) is 3. The van der Waals surface area contributed by atoms with Gasteiger partial charge in [0.2, 0.25) is 0 Å². The molecule has 0 fully saturated rings. The number of anilines is 2. The molecule has 5 nitrogen and oxygen atoms in total. The van der Waals surface area contributed by atoms with Crippen molar-refractivity contribution < 1.29 is 4.42 Å². The first-order chi connectivity index (χ1) is 8.19. The number of aryl methyl sites for hydroxylation is 1. The van der Waals surface area contributed by atoms with Gasteiger partial charge in [0, 0.05) is 20.2 Å². The summed E-state index contributed by atoms with van der Waals surface area (Å²) in [6.07, 6.45) is 1.67. The normalized spacial score (nSPS) is 10.3. The topological polar surface area (TPSA) is 54.2 Å². The van der Waals surface area contributed by atoms with Gasteiger partial charge in [-0.1, -0.05) is 0 Å². The molecule has 0 amide bonds. The molecule has 0 unspecified atom stereocenters. The third-order valence-electron chi connectivity index (χ3n) is 2.44. The van der Waals surface area contributed by atoms with Gasteiger partial charge >= 0.3 is 0 Å². The second kappa shape index (κ2) is 4.86. The fraction of sp³-hybridized carbons (Fsp3) is 0.333. The molecule has 90 valence electrons. The zero-order valence-electron chi connectivity index (χ0n) is 10.3. The van der Waals surface area contributed by atoms with Crippen LogP contribution in [0.4, 0.5) is 11.6 Å². The maximum atomic E-state index is 5.31. The highest BCUT2D eigenvalue weighted by atomic mass is 16.3. The Kier molecular flexibility index (Phi) is 3.27. The Bertz CT molecular complexity index is 481. The van der Waals surface area contributed by atoms with Crippen LogP contribution in [0.3, 0.4) is 0 Å². The second-order valence-electron chi connectivity index (χ2n) is 3.84. The second-order valence-corrected chi connectivity index (χ2v) is 3.84. The first-order valence-corrected chi connectivity index (χ1v) is 5.46. The Morgan fingerprint density at radius 1 is 1.41 bits per heavy atom. The Hall–Kier alpha value is -2.04. The number of furan rings is 1. The average Bonchev–Trinajstić information content (AvgIpc) is 2.81. The molecule has 0 aliphatic rings. The third-order valence-corrected chi connectivity index (χ3v) is 2.44. The lowest BCUT2D eigenvalue weighted by atomic mass is 10.4. The molecule has 0 aromatic carbocycles. The van der Waals surface area contributed by atoms with Crippen molar-refractivity contribution in [3.8, 4) is 0 Å². The van der Waals surface area contributed by atoms with E-state index in [1.54, 1.807) is 6.26 Å². The first-order valence-electron chi connectivity index (χ1n) is 5.46. The highest BCUT2D eigenvalue weighted by Gasteiger charge is 2.07. The van der Waals surface area contributed by atoms with Crippen LogP contribution in [0.5, 0.6) is 0 Å². The van der Waals surface area contributed by atoms with E-state index in [2.05, 4.69) is 15.3 Å². The molecule has 0 aliphatic heterocycles. The van der Waals surface area contributed by atoms with E-state index < -0.39 is 0 Å². The van der Waals surface area contributed by atoms with Crippen molar-refractivity contribution in [2.75, 3.05) is 24.3 Å².